The van der Waals surface area contributed by atoms with Crippen LogP contribution in [0.15, 0.2) is 51.3 Å². The summed E-state index contributed by atoms with van der Waals surface area (Å²) in [7, 11) is -3.85. The van der Waals surface area contributed by atoms with Crippen molar-refractivity contribution in [2.45, 2.75) is 11.4 Å². The van der Waals surface area contributed by atoms with E-state index in [0.717, 1.165) is 26.7 Å². The Kier molecular flexibility index (Phi) is 4.77. The van der Waals surface area contributed by atoms with Crippen LogP contribution in [-0.4, -0.2) is 30.6 Å². The normalized spacial score (nSPS) is 11.9. The molecule has 3 rings (SSSR count). The van der Waals surface area contributed by atoms with Crippen LogP contribution in [0.3, 0.4) is 0 Å². The van der Waals surface area contributed by atoms with Crippen LogP contribution in [0.25, 0.3) is 10.9 Å². The van der Waals surface area contributed by atoms with Crippen molar-refractivity contribution < 1.29 is 18.3 Å². The fourth-order valence-electron chi connectivity index (χ4n) is 2.42. The molecule has 2 aromatic heterocycles. The van der Waals surface area contributed by atoms with Crippen LogP contribution in [0.1, 0.15) is 9.67 Å². The molecule has 0 aliphatic carbocycles. The van der Waals surface area contributed by atoms with Gasteiger partial charge in [0.15, 0.2) is 0 Å². The molecule has 9 heteroatoms. The molecule has 0 spiro atoms. The Bertz CT molecular complexity index is 1010. The summed E-state index contributed by atoms with van der Waals surface area (Å²) in [5.74, 6) is -1.24. The molecule has 0 radical (unpaired) electrons. The highest BCUT2D eigenvalue weighted by Crippen LogP contribution is 2.25. The Morgan fingerprint density at radius 2 is 2.08 bits per heavy atom. The third-order valence-corrected chi connectivity index (χ3v) is 6.74. The molecule has 0 aliphatic heterocycles. The number of rotatable bonds is 6. The zero-order valence-corrected chi connectivity index (χ0v) is 15.5. The van der Waals surface area contributed by atoms with Gasteiger partial charge in [0, 0.05) is 34.7 Å². The predicted octanol–water partition coefficient (Wildman–Crippen LogP) is 3.14. The minimum atomic E-state index is -3.85. The van der Waals surface area contributed by atoms with Gasteiger partial charge in [-0.25, -0.2) is 17.9 Å². The van der Waals surface area contributed by atoms with E-state index in [-0.39, 0.29) is 16.3 Å². The molecule has 2 N–H and O–H groups in total. The molecular formula is C15H13BrN2O4S2. The van der Waals surface area contributed by atoms with E-state index in [2.05, 4.69) is 20.7 Å². The highest BCUT2D eigenvalue weighted by Gasteiger charge is 2.23. The van der Waals surface area contributed by atoms with Gasteiger partial charge in [0.1, 0.15) is 9.77 Å². The van der Waals surface area contributed by atoms with E-state index in [4.69, 9.17) is 5.11 Å². The van der Waals surface area contributed by atoms with Crippen LogP contribution in [0.5, 0.6) is 0 Å². The van der Waals surface area contributed by atoms with E-state index in [0.29, 0.717) is 6.54 Å². The predicted molar refractivity (Wildman–Crippen MR) is 96.1 cm³/mol. The average molecular weight is 429 g/mol. The summed E-state index contributed by atoms with van der Waals surface area (Å²) < 4.78 is 29.9. The van der Waals surface area contributed by atoms with Crippen molar-refractivity contribution in [2.24, 2.45) is 0 Å². The van der Waals surface area contributed by atoms with Crippen LogP contribution in [0, 0.1) is 0 Å². The van der Waals surface area contributed by atoms with Crippen LogP contribution in [0.2, 0.25) is 0 Å². The number of carbonyl (C=O) groups is 1. The maximum Gasteiger partial charge on any atom is 0.347 e. The molecule has 0 bridgehead atoms. The highest BCUT2D eigenvalue weighted by molar-refractivity contribution is 9.10. The molecule has 0 aliphatic rings. The summed E-state index contributed by atoms with van der Waals surface area (Å²) in [5.41, 5.74) is 0.991. The lowest BCUT2D eigenvalue weighted by molar-refractivity contribution is 0.0698. The number of thiophene rings is 1. The van der Waals surface area contributed by atoms with Gasteiger partial charge in [-0.1, -0.05) is 22.0 Å². The molecule has 126 valence electrons. The van der Waals surface area contributed by atoms with Gasteiger partial charge >= 0.3 is 5.97 Å². The number of benzene rings is 1. The van der Waals surface area contributed by atoms with Gasteiger partial charge < -0.3 is 9.67 Å². The molecule has 0 unspecified atom stereocenters. The van der Waals surface area contributed by atoms with Crippen LogP contribution < -0.4 is 4.72 Å². The van der Waals surface area contributed by atoms with Crippen molar-refractivity contribution in [1.82, 2.24) is 9.29 Å². The van der Waals surface area contributed by atoms with Crippen molar-refractivity contribution in [2.75, 3.05) is 6.54 Å². The van der Waals surface area contributed by atoms with Crippen molar-refractivity contribution >= 4 is 54.2 Å². The second-order valence-corrected chi connectivity index (χ2v) is 8.50. The number of hydrogen-bond acceptors (Lipinski definition) is 4. The van der Waals surface area contributed by atoms with Gasteiger partial charge in [0.25, 0.3) is 0 Å². The first-order chi connectivity index (χ1) is 11.4. The topological polar surface area (TPSA) is 88.4 Å². The summed E-state index contributed by atoms with van der Waals surface area (Å²) in [4.78, 5) is 10.7. The number of aromatic nitrogens is 1. The van der Waals surface area contributed by atoms with Crippen molar-refractivity contribution in [3.63, 3.8) is 0 Å². The van der Waals surface area contributed by atoms with Gasteiger partial charge in [0.05, 0.1) is 0 Å². The number of sulfonamides is 1. The van der Waals surface area contributed by atoms with E-state index in [1.54, 1.807) is 0 Å². The quantitative estimate of drug-likeness (QED) is 0.630. The zero-order valence-electron chi connectivity index (χ0n) is 12.3. The fourth-order valence-corrected chi connectivity index (χ4v) is 5.19. The van der Waals surface area contributed by atoms with Crippen molar-refractivity contribution in [3.8, 4) is 0 Å². The lowest BCUT2D eigenvalue weighted by Crippen LogP contribution is -2.28. The number of aromatic carboxylic acids is 1. The van der Waals surface area contributed by atoms with Gasteiger partial charge in [-0.3, -0.25) is 0 Å². The number of carboxylic acid groups (broad SMARTS) is 1. The monoisotopic (exact) mass is 428 g/mol. The Hall–Kier alpha value is -1.68. The molecule has 0 amide bonds. The lowest BCUT2D eigenvalue weighted by atomic mass is 10.2. The Labute approximate surface area is 150 Å². The van der Waals surface area contributed by atoms with E-state index in [9.17, 15) is 13.2 Å². The number of fused-ring (bicyclic) bond motifs is 1. The smallest absolute Gasteiger partial charge is 0.347 e. The summed E-state index contributed by atoms with van der Waals surface area (Å²) in [6.07, 6.45) is 1.89. The summed E-state index contributed by atoms with van der Waals surface area (Å²) in [6.45, 7) is 0.596. The number of carboxylic acids is 1. The average Bonchev–Trinajstić information content (AvgIpc) is 3.15. The standard InChI is InChI=1S/C15H13BrN2O4S2/c16-11-2-1-3-12-10(11)4-7-18(12)8-6-17-24(21,22)13-5-9-23-14(13)15(19)20/h1-5,7,9,17H,6,8H2,(H,19,20). The maximum atomic E-state index is 12.3. The van der Waals surface area contributed by atoms with Crippen LogP contribution in [-0.2, 0) is 16.6 Å². The summed E-state index contributed by atoms with van der Waals surface area (Å²) >= 11 is 4.37. The summed E-state index contributed by atoms with van der Waals surface area (Å²) in [6, 6.07) is 9.07. The first kappa shape index (κ1) is 17.2. The molecule has 24 heavy (non-hydrogen) atoms. The molecule has 3 aromatic rings. The molecule has 0 saturated heterocycles. The molecule has 0 fully saturated rings. The van der Waals surface area contributed by atoms with Gasteiger partial charge in [-0.2, -0.15) is 0 Å². The zero-order chi connectivity index (χ0) is 17.3. The minimum Gasteiger partial charge on any atom is -0.477 e. The second-order valence-electron chi connectivity index (χ2n) is 5.00. The van der Waals surface area contributed by atoms with Crippen molar-refractivity contribution in [1.29, 1.82) is 0 Å². The van der Waals surface area contributed by atoms with Gasteiger partial charge in [0.2, 0.25) is 10.0 Å². The van der Waals surface area contributed by atoms with E-state index in [1.165, 1.54) is 11.4 Å². The van der Waals surface area contributed by atoms with Gasteiger partial charge in [-0.05, 0) is 29.6 Å². The van der Waals surface area contributed by atoms with E-state index < -0.39 is 16.0 Å². The molecular weight excluding hydrogens is 416 g/mol. The number of nitrogens with zero attached hydrogens (tertiary/aromatic N) is 1. The van der Waals surface area contributed by atoms with E-state index >= 15 is 0 Å². The Morgan fingerprint density at radius 1 is 1.29 bits per heavy atom. The third kappa shape index (κ3) is 3.25. The van der Waals surface area contributed by atoms with Crippen LogP contribution >= 0.6 is 27.3 Å². The molecule has 6 nitrogen and oxygen atoms in total. The first-order valence-electron chi connectivity index (χ1n) is 6.94. The SMILES string of the molecule is O=C(O)c1sccc1S(=O)(=O)NCCn1ccc2c(Br)cccc21. The van der Waals surface area contributed by atoms with Gasteiger partial charge in [-0.15, -0.1) is 11.3 Å². The number of hydrogen-bond donors (Lipinski definition) is 2. The Morgan fingerprint density at radius 3 is 2.83 bits per heavy atom. The van der Waals surface area contributed by atoms with Crippen molar-refractivity contribution in [3.05, 3.63) is 51.3 Å². The Balaban J connectivity index is 1.74. The van der Waals surface area contributed by atoms with Crippen LogP contribution in [0.4, 0.5) is 0 Å². The number of nitrogens with one attached hydrogen (secondary N) is 1. The molecule has 0 saturated carbocycles. The van der Waals surface area contributed by atoms with E-state index in [1.807, 2.05) is 35.0 Å². The minimum absolute atomic E-state index is 0.160. The highest BCUT2D eigenvalue weighted by atomic mass is 79.9. The lowest BCUT2D eigenvalue weighted by Gasteiger charge is -2.08. The second kappa shape index (κ2) is 6.67. The fraction of sp³-hybridized carbons (Fsp3) is 0.133. The molecule has 0 atom stereocenters. The number of halogens is 1. The third-order valence-electron chi connectivity index (χ3n) is 3.52. The first-order valence-corrected chi connectivity index (χ1v) is 10.1. The molecule has 2 heterocycles. The summed E-state index contributed by atoms with van der Waals surface area (Å²) in [5, 5.41) is 11.5. The maximum absolute atomic E-state index is 12.3. The molecule has 1 aromatic carbocycles. The largest absolute Gasteiger partial charge is 0.477 e.